The fourth-order valence-corrected chi connectivity index (χ4v) is 4.63. The van der Waals surface area contributed by atoms with Gasteiger partial charge in [0.25, 0.3) is 0 Å². The number of hydrazone groups is 1. The molecule has 3 aromatic carbocycles. The van der Waals surface area contributed by atoms with Crippen molar-refractivity contribution in [3.63, 3.8) is 0 Å². The molecule has 2 heterocycles. The van der Waals surface area contributed by atoms with Crippen LogP contribution in [0.15, 0.2) is 65.8 Å². The maximum atomic E-state index is 6.47. The van der Waals surface area contributed by atoms with Crippen molar-refractivity contribution >= 4 is 17.3 Å². The van der Waals surface area contributed by atoms with Crippen LogP contribution >= 0.6 is 11.6 Å². The largest absolute Gasteiger partial charge is 0.497 e. The van der Waals surface area contributed by atoms with Gasteiger partial charge in [-0.25, -0.2) is 5.01 Å². The summed E-state index contributed by atoms with van der Waals surface area (Å²) in [6.07, 6.45) is 0.263. The van der Waals surface area contributed by atoms with E-state index in [1.807, 2.05) is 66.5 Å². The first-order chi connectivity index (χ1) is 16.1. The molecule has 2 aliphatic heterocycles. The second-order valence-corrected chi connectivity index (χ2v) is 8.25. The van der Waals surface area contributed by atoms with Gasteiger partial charge in [0.05, 0.1) is 43.2 Å². The summed E-state index contributed by atoms with van der Waals surface area (Å²) in [6.45, 7) is 2.50. The van der Waals surface area contributed by atoms with E-state index in [2.05, 4.69) is 6.07 Å². The van der Waals surface area contributed by atoms with Gasteiger partial charge in [0.2, 0.25) is 6.23 Å². The van der Waals surface area contributed by atoms with E-state index in [4.69, 9.17) is 35.6 Å². The summed E-state index contributed by atoms with van der Waals surface area (Å²) in [5, 5.41) is 7.60. The Bertz CT molecular complexity index is 1210. The molecule has 6 nitrogen and oxygen atoms in total. The third kappa shape index (κ3) is 3.85. The number of benzene rings is 3. The Morgan fingerprint density at radius 1 is 1.00 bits per heavy atom. The molecule has 2 atom stereocenters. The maximum Gasteiger partial charge on any atom is 0.217 e. The van der Waals surface area contributed by atoms with Gasteiger partial charge in [-0.05, 0) is 55.0 Å². The lowest BCUT2D eigenvalue weighted by Crippen LogP contribution is -2.33. The molecule has 33 heavy (non-hydrogen) atoms. The van der Waals surface area contributed by atoms with Crippen LogP contribution in [0, 0.1) is 0 Å². The minimum absolute atomic E-state index is 0.0243. The topological polar surface area (TPSA) is 52.5 Å². The highest BCUT2D eigenvalue weighted by Gasteiger charge is 2.42. The molecule has 0 radical (unpaired) electrons. The zero-order chi connectivity index (χ0) is 22.9. The predicted octanol–water partition coefficient (Wildman–Crippen LogP) is 6.00. The van der Waals surface area contributed by atoms with E-state index in [-0.39, 0.29) is 6.04 Å². The highest BCUT2D eigenvalue weighted by molar-refractivity contribution is 6.32. The molecule has 3 aromatic rings. The summed E-state index contributed by atoms with van der Waals surface area (Å²) in [6, 6.07) is 19.6. The normalized spacial score (nSPS) is 18.7. The van der Waals surface area contributed by atoms with Gasteiger partial charge in [0.15, 0.2) is 0 Å². The second kappa shape index (κ2) is 8.87. The summed E-state index contributed by atoms with van der Waals surface area (Å²) in [5.74, 6) is 2.96. The van der Waals surface area contributed by atoms with E-state index in [1.54, 1.807) is 14.2 Å². The Balaban J connectivity index is 1.58. The Morgan fingerprint density at radius 2 is 1.82 bits per heavy atom. The molecule has 0 saturated heterocycles. The van der Waals surface area contributed by atoms with Gasteiger partial charge in [-0.3, -0.25) is 0 Å². The van der Waals surface area contributed by atoms with Gasteiger partial charge >= 0.3 is 0 Å². The molecule has 5 rings (SSSR count). The molecule has 0 spiro atoms. The molecule has 0 N–H and O–H groups in total. The lowest BCUT2D eigenvalue weighted by atomic mass is 9.95. The van der Waals surface area contributed by atoms with Crippen LogP contribution < -0.4 is 18.9 Å². The molecule has 0 amide bonds. The average molecular weight is 465 g/mol. The van der Waals surface area contributed by atoms with Crippen LogP contribution in [-0.4, -0.2) is 31.5 Å². The van der Waals surface area contributed by atoms with E-state index < -0.39 is 6.23 Å². The first-order valence-corrected chi connectivity index (χ1v) is 11.3. The van der Waals surface area contributed by atoms with E-state index in [0.717, 1.165) is 40.3 Å². The van der Waals surface area contributed by atoms with Gasteiger partial charge in [-0.15, -0.1) is 0 Å². The standard InChI is InChI=1S/C26H25ClN2O4/c1-4-32-25-11-9-16(13-20(25)27)21-15-22-18-7-5-6-8-24(18)33-26(29(22)28-21)19-14-17(30-2)10-12-23(19)31-3/h5-14,22,26H,4,15H2,1-3H3/t22-,26+/m1/s1. The summed E-state index contributed by atoms with van der Waals surface area (Å²) < 4.78 is 23.2. The van der Waals surface area contributed by atoms with Crippen molar-refractivity contribution in [2.75, 3.05) is 20.8 Å². The molecule has 0 unspecified atom stereocenters. The maximum absolute atomic E-state index is 6.47. The number of rotatable bonds is 6. The van der Waals surface area contributed by atoms with E-state index in [1.165, 1.54) is 0 Å². The molecule has 0 aliphatic carbocycles. The summed E-state index contributed by atoms with van der Waals surface area (Å²) in [7, 11) is 3.30. The zero-order valence-corrected chi connectivity index (χ0v) is 19.5. The fourth-order valence-electron chi connectivity index (χ4n) is 4.40. The number of hydrogen-bond donors (Lipinski definition) is 0. The molecule has 2 aliphatic rings. The molecule has 7 heteroatoms. The van der Waals surface area contributed by atoms with Crippen molar-refractivity contribution in [3.8, 4) is 23.0 Å². The minimum Gasteiger partial charge on any atom is -0.497 e. The Kier molecular flexibility index (Phi) is 5.77. The van der Waals surface area contributed by atoms with Gasteiger partial charge in [0, 0.05) is 12.0 Å². The number of fused-ring (bicyclic) bond motifs is 3. The van der Waals surface area contributed by atoms with Crippen molar-refractivity contribution in [1.29, 1.82) is 0 Å². The predicted molar refractivity (Wildman–Crippen MR) is 128 cm³/mol. The quantitative estimate of drug-likeness (QED) is 0.448. The van der Waals surface area contributed by atoms with Crippen LogP contribution in [0.2, 0.25) is 5.02 Å². The van der Waals surface area contributed by atoms with Crippen LogP contribution in [0.1, 0.15) is 42.3 Å². The van der Waals surface area contributed by atoms with Crippen LogP contribution in [0.25, 0.3) is 0 Å². The molecular formula is C26H25ClN2O4. The van der Waals surface area contributed by atoms with Crippen LogP contribution in [0.4, 0.5) is 0 Å². The van der Waals surface area contributed by atoms with Gasteiger partial charge < -0.3 is 18.9 Å². The fraction of sp³-hybridized carbons (Fsp3) is 0.269. The number of methoxy groups -OCH3 is 2. The number of para-hydroxylation sites is 1. The molecule has 0 aromatic heterocycles. The molecule has 0 bridgehead atoms. The Labute approximate surface area is 198 Å². The minimum atomic E-state index is -0.467. The van der Waals surface area contributed by atoms with E-state index >= 15 is 0 Å². The highest BCUT2D eigenvalue weighted by Crippen LogP contribution is 2.49. The SMILES string of the molecule is CCOc1ccc(C2=NN3[C@H](C2)c2ccccc2O[C@H]3c2cc(OC)ccc2OC)cc1Cl. The van der Waals surface area contributed by atoms with E-state index in [0.29, 0.717) is 23.1 Å². The first-order valence-electron chi connectivity index (χ1n) is 10.9. The van der Waals surface area contributed by atoms with Crippen molar-refractivity contribution in [2.45, 2.75) is 25.6 Å². The van der Waals surface area contributed by atoms with Gasteiger partial charge in [-0.1, -0.05) is 29.8 Å². The third-order valence-electron chi connectivity index (χ3n) is 5.97. The average Bonchev–Trinajstić information content (AvgIpc) is 3.30. The summed E-state index contributed by atoms with van der Waals surface area (Å²) in [4.78, 5) is 0. The highest BCUT2D eigenvalue weighted by atomic mass is 35.5. The monoisotopic (exact) mass is 464 g/mol. The van der Waals surface area contributed by atoms with Crippen molar-refractivity contribution < 1.29 is 18.9 Å². The van der Waals surface area contributed by atoms with Gasteiger partial charge in [0.1, 0.15) is 23.0 Å². The second-order valence-electron chi connectivity index (χ2n) is 7.84. The van der Waals surface area contributed by atoms with Crippen molar-refractivity contribution in [3.05, 3.63) is 82.4 Å². The number of halogens is 1. The number of hydrogen-bond acceptors (Lipinski definition) is 6. The lowest BCUT2D eigenvalue weighted by molar-refractivity contribution is -0.0204. The van der Waals surface area contributed by atoms with Crippen LogP contribution in [0.3, 0.4) is 0 Å². The molecule has 170 valence electrons. The smallest absolute Gasteiger partial charge is 0.217 e. The lowest BCUT2D eigenvalue weighted by Gasteiger charge is -2.38. The van der Waals surface area contributed by atoms with Crippen LogP contribution in [0.5, 0.6) is 23.0 Å². The molecule has 0 fully saturated rings. The van der Waals surface area contributed by atoms with Crippen LogP contribution in [-0.2, 0) is 0 Å². The van der Waals surface area contributed by atoms with Crippen molar-refractivity contribution in [2.24, 2.45) is 5.10 Å². The van der Waals surface area contributed by atoms with E-state index in [9.17, 15) is 0 Å². The third-order valence-corrected chi connectivity index (χ3v) is 6.26. The summed E-state index contributed by atoms with van der Waals surface area (Å²) in [5.41, 5.74) is 3.86. The van der Waals surface area contributed by atoms with Crippen molar-refractivity contribution in [1.82, 2.24) is 5.01 Å². The number of ether oxygens (including phenoxy) is 4. The Morgan fingerprint density at radius 3 is 2.58 bits per heavy atom. The zero-order valence-electron chi connectivity index (χ0n) is 18.7. The first kappa shape index (κ1) is 21.5. The molecular weight excluding hydrogens is 440 g/mol. The summed E-state index contributed by atoms with van der Waals surface area (Å²) >= 11 is 6.47. The number of nitrogens with zero attached hydrogens (tertiary/aromatic N) is 2. The Hall–Kier alpha value is -3.38. The van der Waals surface area contributed by atoms with Gasteiger partial charge in [-0.2, -0.15) is 5.10 Å². The molecule has 0 saturated carbocycles.